The van der Waals surface area contributed by atoms with Gasteiger partial charge in [0.25, 0.3) is 0 Å². The van der Waals surface area contributed by atoms with Crippen LogP contribution >= 0.6 is 0 Å². The standard InChI is InChI=1S/C11H17NO4/c1-10(2)13-6-8(15-10)9-7(5-12)14-11(3,4)16-9/h7-9H,6H2,1-4H3/t7-,8+,9+/m0/s1. The van der Waals surface area contributed by atoms with Crippen LogP contribution in [0.3, 0.4) is 0 Å². The Balaban J connectivity index is 2.08. The third-order valence-corrected chi connectivity index (χ3v) is 2.65. The maximum Gasteiger partial charge on any atom is 0.176 e. The maximum absolute atomic E-state index is 9.01. The van der Waals surface area contributed by atoms with Crippen LogP contribution in [-0.2, 0) is 18.9 Å². The molecule has 5 heteroatoms. The number of ether oxygens (including phenoxy) is 4. The highest BCUT2D eigenvalue weighted by atomic mass is 16.8. The molecule has 2 saturated heterocycles. The third-order valence-electron chi connectivity index (χ3n) is 2.65. The topological polar surface area (TPSA) is 60.7 Å². The molecule has 0 bridgehead atoms. The lowest BCUT2D eigenvalue weighted by molar-refractivity contribution is -0.174. The Labute approximate surface area is 95.2 Å². The van der Waals surface area contributed by atoms with E-state index in [-0.39, 0.29) is 12.2 Å². The van der Waals surface area contributed by atoms with Crippen LogP contribution in [0.2, 0.25) is 0 Å². The van der Waals surface area contributed by atoms with Gasteiger partial charge in [-0.25, -0.2) is 0 Å². The molecular formula is C11H17NO4. The summed E-state index contributed by atoms with van der Waals surface area (Å²) >= 11 is 0. The molecule has 2 aliphatic rings. The quantitative estimate of drug-likeness (QED) is 0.673. The van der Waals surface area contributed by atoms with Gasteiger partial charge in [-0.2, -0.15) is 5.26 Å². The molecule has 0 spiro atoms. The molecule has 0 amide bonds. The zero-order valence-electron chi connectivity index (χ0n) is 10.0. The van der Waals surface area contributed by atoms with Gasteiger partial charge in [0.05, 0.1) is 12.7 Å². The first kappa shape index (κ1) is 11.8. The van der Waals surface area contributed by atoms with Crippen LogP contribution in [0.1, 0.15) is 27.7 Å². The van der Waals surface area contributed by atoms with Crippen molar-refractivity contribution in [3.63, 3.8) is 0 Å². The second kappa shape index (κ2) is 3.67. The maximum atomic E-state index is 9.01. The van der Waals surface area contributed by atoms with Gasteiger partial charge in [0.15, 0.2) is 17.7 Å². The van der Waals surface area contributed by atoms with Crippen LogP contribution in [0.4, 0.5) is 0 Å². The fourth-order valence-electron chi connectivity index (χ4n) is 2.04. The van der Waals surface area contributed by atoms with E-state index in [1.165, 1.54) is 0 Å². The summed E-state index contributed by atoms with van der Waals surface area (Å²) in [5.74, 6) is -1.35. The molecule has 5 nitrogen and oxygen atoms in total. The molecule has 0 N–H and O–H groups in total. The summed E-state index contributed by atoms with van der Waals surface area (Å²) in [6.07, 6.45) is -1.24. The fraction of sp³-hybridized carbons (Fsp3) is 0.909. The second-order valence-electron chi connectivity index (χ2n) is 5.02. The average Bonchev–Trinajstić information content (AvgIpc) is 2.65. The zero-order chi connectivity index (χ0) is 12.0. The number of nitriles is 1. The largest absolute Gasteiger partial charge is 0.348 e. The van der Waals surface area contributed by atoms with E-state index in [4.69, 9.17) is 24.2 Å². The molecule has 0 unspecified atom stereocenters. The predicted molar refractivity (Wildman–Crippen MR) is 54.3 cm³/mol. The first-order chi connectivity index (χ1) is 7.33. The van der Waals surface area contributed by atoms with Crippen molar-refractivity contribution in [2.75, 3.05) is 6.61 Å². The van der Waals surface area contributed by atoms with Gasteiger partial charge in [0, 0.05) is 0 Å². The minimum atomic E-state index is -0.735. The Hall–Kier alpha value is -0.670. The highest BCUT2D eigenvalue weighted by Gasteiger charge is 2.49. The van der Waals surface area contributed by atoms with Crippen molar-refractivity contribution < 1.29 is 18.9 Å². The lowest BCUT2D eigenvalue weighted by Crippen LogP contribution is -2.37. The number of hydrogen-bond donors (Lipinski definition) is 0. The summed E-state index contributed by atoms with van der Waals surface area (Å²) in [6.45, 7) is 7.69. The van der Waals surface area contributed by atoms with Gasteiger partial charge < -0.3 is 18.9 Å². The SMILES string of the molecule is CC1(C)O[C@@H]([C@H]2COC(C)(C)O2)[C@H](C#N)O1. The molecule has 0 aromatic carbocycles. The van der Waals surface area contributed by atoms with E-state index in [0.717, 1.165) is 0 Å². The monoisotopic (exact) mass is 227 g/mol. The summed E-state index contributed by atoms with van der Waals surface area (Å²) in [4.78, 5) is 0. The molecule has 0 aromatic heterocycles. The van der Waals surface area contributed by atoms with Crippen molar-refractivity contribution in [3.8, 4) is 6.07 Å². The van der Waals surface area contributed by atoms with Gasteiger partial charge in [0.1, 0.15) is 12.2 Å². The second-order valence-corrected chi connectivity index (χ2v) is 5.02. The molecule has 2 aliphatic heterocycles. The molecule has 3 atom stereocenters. The van der Waals surface area contributed by atoms with Gasteiger partial charge in [-0.05, 0) is 27.7 Å². The van der Waals surface area contributed by atoms with Crippen molar-refractivity contribution in [2.24, 2.45) is 0 Å². The van der Waals surface area contributed by atoms with E-state index < -0.39 is 17.7 Å². The van der Waals surface area contributed by atoms with Crippen LogP contribution in [0.5, 0.6) is 0 Å². The van der Waals surface area contributed by atoms with E-state index in [9.17, 15) is 0 Å². The zero-order valence-corrected chi connectivity index (χ0v) is 10.0. The Morgan fingerprint density at radius 3 is 2.25 bits per heavy atom. The molecule has 0 saturated carbocycles. The van der Waals surface area contributed by atoms with Crippen molar-refractivity contribution in [3.05, 3.63) is 0 Å². The summed E-state index contributed by atoms with van der Waals surface area (Å²) in [6, 6.07) is 2.09. The molecule has 0 aliphatic carbocycles. The number of nitrogens with zero attached hydrogens (tertiary/aromatic N) is 1. The number of hydrogen-bond acceptors (Lipinski definition) is 5. The lowest BCUT2D eigenvalue weighted by Gasteiger charge is -2.22. The smallest absolute Gasteiger partial charge is 0.176 e. The van der Waals surface area contributed by atoms with Gasteiger partial charge in [0.2, 0.25) is 0 Å². The highest BCUT2D eigenvalue weighted by molar-refractivity contribution is 5.01. The minimum absolute atomic E-state index is 0.249. The van der Waals surface area contributed by atoms with E-state index in [1.54, 1.807) is 13.8 Å². The number of rotatable bonds is 1. The van der Waals surface area contributed by atoms with E-state index in [2.05, 4.69) is 6.07 Å². The molecule has 0 aromatic rings. The first-order valence-corrected chi connectivity index (χ1v) is 5.40. The fourth-order valence-corrected chi connectivity index (χ4v) is 2.04. The lowest BCUT2D eigenvalue weighted by atomic mass is 10.1. The summed E-state index contributed by atoms with van der Waals surface area (Å²) in [5.41, 5.74) is 0. The Morgan fingerprint density at radius 2 is 1.75 bits per heavy atom. The summed E-state index contributed by atoms with van der Waals surface area (Å²) in [7, 11) is 0. The van der Waals surface area contributed by atoms with Crippen LogP contribution in [0.15, 0.2) is 0 Å². The molecule has 90 valence electrons. The normalized spacial score (nSPS) is 40.8. The minimum Gasteiger partial charge on any atom is -0.348 e. The van der Waals surface area contributed by atoms with Crippen LogP contribution in [-0.4, -0.2) is 36.5 Å². The Morgan fingerprint density at radius 1 is 1.06 bits per heavy atom. The van der Waals surface area contributed by atoms with Gasteiger partial charge in [-0.1, -0.05) is 0 Å². The predicted octanol–water partition coefficient (Wildman–Crippen LogP) is 1.18. The molecule has 16 heavy (non-hydrogen) atoms. The van der Waals surface area contributed by atoms with Crippen LogP contribution in [0, 0.1) is 11.3 Å². The van der Waals surface area contributed by atoms with Crippen LogP contribution < -0.4 is 0 Å². The molecule has 2 fully saturated rings. The van der Waals surface area contributed by atoms with Crippen molar-refractivity contribution in [2.45, 2.75) is 57.6 Å². The first-order valence-electron chi connectivity index (χ1n) is 5.40. The van der Waals surface area contributed by atoms with Crippen molar-refractivity contribution >= 4 is 0 Å². The van der Waals surface area contributed by atoms with Crippen molar-refractivity contribution in [1.82, 2.24) is 0 Å². The van der Waals surface area contributed by atoms with Crippen LogP contribution in [0.25, 0.3) is 0 Å². The van der Waals surface area contributed by atoms with Gasteiger partial charge >= 0.3 is 0 Å². The summed E-state index contributed by atoms with van der Waals surface area (Å²) in [5, 5.41) is 9.01. The van der Waals surface area contributed by atoms with Crippen molar-refractivity contribution in [1.29, 1.82) is 5.26 Å². The molecular weight excluding hydrogens is 210 g/mol. The summed E-state index contributed by atoms with van der Waals surface area (Å²) < 4.78 is 22.3. The molecule has 2 heterocycles. The van der Waals surface area contributed by atoms with Gasteiger partial charge in [-0.3, -0.25) is 0 Å². The molecule has 2 rings (SSSR count). The third kappa shape index (κ3) is 2.20. The van der Waals surface area contributed by atoms with E-state index in [0.29, 0.717) is 6.61 Å². The Kier molecular flexibility index (Phi) is 2.71. The average molecular weight is 227 g/mol. The molecule has 0 radical (unpaired) electrons. The Bertz CT molecular complexity index is 320. The van der Waals surface area contributed by atoms with Gasteiger partial charge in [-0.15, -0.1) is 0 Å². The highest BCUT2D eigenvalue weighted by Crippen LogP contribution is 2.35. The van der Waals surface area contributed by atoms with E-state index in [1.807, 2.05) is 13.8 Å². The van der Waals surface area contributed by atoms with E-state index >= 15 is 0 Å².